The van der Waals surface area contributed by atoms with Crippen molar-refractivity contribution in [3.05, 3.63) is 29.3 Å². The van der Waals surface area contributed by atoms with E-state index in [1.54, 1.807) is 26.0 Å². The van der Waals surface area contributed by atoms with Crippen molar-refractivity contribution in [2.75, 3.05) is 25.1 Å². The van der Waals surface area contributed by atoms with Gasteiger partial charge in [0.15, 0.2) is 5.92 Å². The molecule has 0 fully saturated rings. The van der Waals surface area contributed by atoms with Gasteiger partial charge < -0.3 is 14.8 Å². The molecule has 0 saturated carbocycles. The van der Waals surface area contributed by atoms with E-state index < -0.39 is 17.9 Å². The van der Waals surface area contributed by atoms with E-state index in [9.17, 15) is 9.59 Å². The molecule has 5 nitrogen and oxygen atoms in total. The number of hydrogen-bond acceptors (Lipinski definition) is 5. The molecule has 1 N–H and O–H groups in total. The molecular weight excluding hydrogens is 294 g/mol. The lowest BCUT2D eigenvalue weighted by Gasteiger charge is -2.15. The van der Waals surface area contributed by atoms with Crippen molar-refractivity contribution in [3.8, 4) is 0 Å². The summed E-state index contributed by atoms with van der Waals surface area (Å²) in [5.41, 5.74) is 0.828. The highest BCUT2D eigenvalue weighted by atomic mass is 35.5. The highest BCUT2D eigenvalue weighted by Crippen LogP contribution is 2.16. The maximum absolute atomic E-state index is 11.8. The van der Waals surface area contributed by atoms with E-state index in [2.05, 4.69) is 5.32 Å². The van der Waals surface area contributed by atoms with Crippen molar-refractivity contribution >= 4 is 29.2 Å². The maximum atomic E-state index is 11.8. The van der Waals surface area contributed by atoms with Gasteiger partial charge in [0, 0.05) is 17.3 Å². The summed E-state index contributed by atoms with van der Waals surface area (Å²) in [5, 5.41) is 3.73. The SMILES string of the molecule is CCOC(=O)C(CCNc1cccc(Cl)c1)C(=O)OCC. The fourth-order valence-corrected chi connectivity index (χ4v) is 1.97. The van der Waals surface area contributed by atoms with Gasteiger partial charge in [-0.1, -0.05) is 17.7 Å². The molecule has 0 aliphatic carbocycles. The predicted molar refractivity (Wildman–Crippen MR) is 81.3 cm³/mol. The molecule has 0 bridgehead atoms. The first-order valence-electron chi connectivity index (χ1n) is 6.91. The van der Waals surface area contributed by atoms with Crippen molar-refractivity contribution in [2.24, 2.45) is 5.92 Å². The third-order valence-electron chi connectivity index (χ3n) is 2.73. The number of ether oxygens (including phenoxy) is 2. The highest BCUT2D eigenvalue weighted by molar-refractivity contribution is 6.30. The molecule has 0 amide bonds. The number of esters is 2. The van der Waals surface area contributed by atoms with E-state index in [-0.39, 0.29) is 13.2 Å². The smallest absolute Gasteiger partial charge is 0.320 e. The second-order valence-corrected chi connectivity index (χ2v) is 4.72. The molecular formula is C15H20ClNO4. The molecule has 6 heteroatoms. The standard InChI is InChI=1S/C15H20ClNO4/c1-3-20-14(18)13(15(19)21-4-2)8-9-17-12-7-5-6-11(16)10-12/h5-7,10,13,17H,3-4,8-9H2,1-2H3. The number of carbonyl (C=O) groups excluding carboxylic acids is 2. The third kappa shape index (κ3) is 6.04. The number of halogens is 1. The lowest BCUT2D eigenvalue weighted by atomic mass is 10.1. The summed E-state index contributed by atoms with van der Waals surface area (Å²) in [7, 11) is 0. The molecule has 1 rings (SSSR count). The number of carbonyl (C=O) groups is 2. The molecule has 0 aromatic heterocycles. The lowest BCUT2D eigenvalue weighted by molar-refractivity contribution is -0.161. The van der Waals surface area contributed by atoms with Crippen LogP contribution in [0.15, 0.2) is 24.3 Å². The zero-order valence-corrected chi connectivity index (χ0v) is 13.0. The normalized spacial score (nSPS) is 10.3. The summed E-state index contributed by atoms with van der Waals surface area (Å²) in [6.45, 7) is 4.30. The fraction of sp³-hybridized carbons (Fsp3) is 0.467. The largest absolute Gasteiger partial charge is 0.465 e. The average Bonchev–Trinajstić information content (AvgIpc) is 2.44. The van der Waals surface area contributed by atoms with Crippen LogP contribution in [0.2, 0.25) is 5.02 Å². The molecule has 0 unspecified atom stereocenters. The highest BCUT2D eigenvalue weighted by Gasteiger charge is 2.28. The van der Waals surface area contributed by atoms with Gasteiger partial charge >= 0.3 is 11.9 Å². The molecule has 0 saturated heterocycles. The predicted octanol–water partition coefficient (Wildman–Crippen LogP) is 2.88. The summed E-state index contributed by atoms with van der Waals surface area (Å²) >= 11 is 5.88. The van der Waals surface area contributed by atoms with Crippen molar-refractivity contribution in [3.63, 3.8) is 0 Å². The molecule has 0 spiro atoms. The van der Waals surface area contributed by atoms with Gasteiger partial charge in [-0.25, -0.2) is 0 Å². The first-order chi connectivity index (χ1) is 10.1. The van der Waals surface area contributed by atoms with Crippen LogP contribution in [-0.2, 0) is 19.1 Å². The zero-order valence-electron chi connectivity index (χ0n) is 12.2. The minimum atomic E-state index is -0.906. The number of anilines is 1. The Bertz CT molecular complexity index is 460. The van der Waals surface area contributed by atoms with Gasteiger partial charge in [-0.2, -0.15) is 0 Å². The first-order valence-corrected chi connectivity index (χ1v) is 7.29. The van der Waals surface area contributed by atoms with Crippen LogP contribution in [0.4, 0.5) is 5.69 Å². The number of hydrogen-bond donors (Lipinski definition) is 1. The minimum Gasteiger partial charge on any atom is -0.465 e. The van der Waals surface area contributed by atoms with Crippen LogP contribution >= 0.6 is 11.6 Å². The monoisotopic (exact) mass is 313 g/mol. The second-order valence-electron chi connectivity index (χ2n) is 4.28. The Balaban J connectivity index is 2.56. The van der Waals surface area contributed by atoms with Crippen molar-refractivity contribution < 1.29 is 19.1 Å². The van der Waals surface area contributed by atoms with E-state index in [1.165, 1.54) is 0 Å². The topological polar surface area (TPSA) is 64.6 Å². The van der Waals surface area contributed by atoms with Gasteiger partial charge in [-0.15, -0.1) is 0 Å². The van der Waals surface area contributed by atoms with Crippen molar-refractivity contribution in [2.45, 2.75) is 20.3 Å². The molecule has 0 atom stereocenters. The summed E-state index contributed by atoms with van der Waals surface area (Å²) in [5.74, 6) is -2.01. The molecule has 0 radical (unpaired) electrons. The average molecular weight is 314 g/mol. The molecule has 116 valence electrons. The van der Waals surface area contributed by atoms with Gasteiger partial charge in [0.25, 0.3) is 0 Å². The van der Waals surface area contributed by atoms with Crippen molar-refractivity contribution in [1.82, 2.24) is 0 Å². The summed E-state index contributed by atoms with van der Waals surface area (Å²) in [4.78, 5) is 23.6. The molecule has 1 aromatic rings. The van der Waals surface area contributed by atoms with Crippen LogP contribution in [0.1, 0.15) is 20.3 Å². The molecule has 1 aromatic carbocycles. The van der Waals surface area contributed by atoms with Crippen LogP contribution in [0.3, 0.4) is 0 Å². The number of nitrogens with one attached hydrogen (secondary N) is 1. The van der Waals surface area contributed by atoms with Crippen molar-refractivity contribution in [1.29, 1.82) is 0 Å². The van der Waals surface area contributed by atoms with Crippen LogP contribution in [-0.4, -0.2) is 31.7 Å². The molecule has 21 heavy (non-hydrogen) atoms. The Morgan fingerprint density at radius 1 is 1.19 bits per heavy atom. The molecule has 0 aliphatic rings. The van der Waals surface area contributed by atoms with Gasteiger partial charge in [-0.05, 0) is 38.5 Å². The Labute approximate surface area is 129 Å². The van der Waals surface area contributed by atoms with E-state index >= 15 is 0 Å². The summed E-state index contributed by atoms with van der Waals surface area (Å²) in [6.07, 6.45) is 0.296. The second kappa shape index (κ2) is 9.23. The van der Waals surface area contributed by atoms with Crippen LogP contribution < -0.4 is 5.32 Å². The maximum Gasteiger partial charge on any atom is 0.320 e. The lowest BCUT2D eigenvalue weighted by Crippen LogP contribution is -2.30. The minimum absolute atomic E-state index is 0.233. The Morgan fingerprint density at radius 2 is 1.81 bits per heavy atom. The van der Waals surface area contributed by atoms with E-state index in [4.69, 9.17) is 21.1 Å². The Morgan fingerprint density at radius 3 is 2.33 bits per heavy atom. The van der Waals surface area contributed by atoms with Crippen LogP contribution in [0.5, 0.6) is 0 Å². The van der Waals surface area contributed by atoms with Gasteiger partial charge in [-0.3, -0.25) is 9.59 Å². The van der Waals surface area contributed by atoms with E-state index in [0.29, 0.717) is 18.0 Å². The quantitative estimate of drug-likeness (QED) is 0.590. The summed E-state index contributed by atoms with van der Waals surface area (Å²) in [6, 6.07) is 7.21. The van der Waals surface area contributed by atoms with Gasteiger partial charge in [0.2, 0.25) is 0 Å². The van der Waals surface area contributed by atoms with Gasteiger partial charge in [0.1, 0.15) is 0 Å². The fourth-order valence-electron chi connectivity index (χ4n) is 1.78. The Hall–Kier alpha value is -1.75. The summed E-state index contributed by atoms with van der Waals surface area (Å²) < 4.78 is 9.81. The Kier molecular flexibility index (Phi) is 7.61. The van der Waals surface area contributed by atoms with Gasteiger partial charge in [0.05, 0.1) is 13.2 Å². The molecule has 0 heterocycles. The zero-order chi connectivity index (χ0) is 15.7. The van der Waals surface area contributed by atoms with Crippen LogP contribution in [0, 0.1) is 5.92 Å². The number of benzene rings is 1. The third-order valence-corrected chi connectivity index (χ3v) is 2.96. The van der Waals surface area contributed by atoms with E-state index in [0.717, 1.165) is 5.69 Å². The van der Waals surface area contributed by atoms with Crippen LogP contribution in [0.25, 0.3) is 0 Å². The number of rotatable bonds is 8. The first kappa shape index (κ1) is 17.3. The van der Waals surface area contributed by atoms with E-state index in [1.807, 2.05) is 12.1 Å². The molecule has 0 aliphatic heterocycles.